The van der Waals surface area contributed by atoms with Crippen molar-refractivity contribution in [2.24, 2.45) is 0 Å². The fourth-order valence-corrected chi connectivity index (χ4v) is 1.82. The maximum absolute atomic E-state index is 12.0. The first kappa shape index (κ1) is 15.0. The summed E-state index contributed by atoms with van der Waals surface area (Å²) in [5.74, 6) is -1.71. The third-order valence-corrected chi connectivity index (χ3v) is 2.99. The lowest BCUT2D eigenvalue weighted by Crippen LogP contribution is -2.38. The highest BCUT2D eigenvalue weighted by molar-refractivity contribution is 6.30. The smallest absolute Gasteiger partial charge is 0.325 e. The van der Waals surface area contributed by atoms with Gasteiger partial charge in [-0.2, -0.15) is 9.90 Å². The van der Waals surface area contributed by atoms with Gasteiger partial charge in [0, 0.05) is 5.02 Å². The van der Waals surface area contributed by atoms with E-state index in [1.54, 1.807) is 31.2 Å². The number of aryl methyl sites for hydroxylation is 1. The van der Waals surface area contributed by atoms with Crippen LogP contribution < -0.4 is 5.32 Å². The quantitative estimate of drug-likeness (QED) is 0.890. The van der Waals surface area contributed by atoms with E-state index in [2.05, 4.69) is 15.5 Å². The predicted octanol–water partition coefficient (Wildman–Crippen LogP) is 1.43. The molecule has 1 aromatic heterocycles. The number of amides is 1. The minimum Gasteiger partial charge on any atom is -0.480 e. The van der Waals surface area contributed by atoms with Gasteiger partial charge in [0.05, 0.1) is 11.4 Å². The molecular weight excluding hydrogens is 296 g/mol. The zero-order valence-electron chi connectivity index (χ0n) is 11.4. The number of rotatable bonds is 4. The molecule has 0 aliphatic heterocycles. The van der Waals surface area contributed by atoms with Crippen molar-refractivity contribution in [1.82, 2.24) is 20.3 Å². The molecule has 0 aliphatic carbocycles. The zero-order chi connectivity index (χ0) is 15.6. The van der Waals surface area contributed by atoms with Crippen molar-refractivity contribution < 1.29 is 14.7 Å². The Hall–Kier alpha value is -2.41. The molecule has 1 amide bonds. The number of hydrogen-bond acceptors (Lipinski definition) is 4. The van der Waals surface area contributed by atoms with Crippen molar-refractivity contribution in [3.63, 3.8) is 0 Å². The molecule has 0 radical (unpaired) electrons. The summed E-state index contributed by atoms with van der Waals surface area (Å²) in [5, 5.41) is 19.9. The Bertz CT molecular complexity index is 698. The summed E-state index contributed by atoms with van der Waals surface area (Å²) in [5.41, 5.74) is 1.07. The van der Waals surface area contributed by atoms with Crippen molar-refractivity contribution in [2.45, 2.75) is 19.9 Å². The standard InChI is InChI=1S/C13H13ClN4O3/c1-7-11(12(19)15-8(2)13(20)21)17-18(16-7)10-5-3-4-9(14)6-10/h3-6,8H,1-2H3,(H,15,19)(H,20,21)/t8-/m0/s1. The molecule has 0 bridgehead atoms. The van der Waals surface area contributed by atoms with Crippen LogP contribution in [0.15, 0.2) is 24.3 Å². The second-order valence-electron chi connectivity index (χ2n) is 4.44. The molecule has 0 saturated heterocycles. The summed E-state index contributed by atoms with van der Waals surface area (Å²) >= 11 is 5.89. The lowest BCUT2D eigenvalue weighted by Gasteiger charge is -2.07. The van der Waals surface area contributed by atoms with Crippen LogP contribution in [0.5, 0.6) is 0 Å². The second kappa shape index (κ2) is 5.92. The van der Waals surface area contributed by atoms with E-state index in [0.717, 1.165) is 0 Å². The first-order valence-electron chi connectivity index (χ1n) is 6.12. The second-order valence-corrected chi connectivity index (χ2v) is 4.87. The largest absolute Gasteiger partial charge is 0.480 e. The van der Waals surface area contributed by atoms with E-state index in [1.807, 2.05) is 0 Å². The Balaban J connectivity index is 2.27. The third-order valence-electron chi connectivity index (χ3n) is 2.75. The van der Waals surface area contributed by atoms with E-state index in [-0.39, 0.29) is 5.69 Å². The molecule has 110 valence electrons. The number of carbonyl (C=O) groups excluding carboxylic acids is 1. The number of halogens is 1. The van der Waals surface area contributed by atoms with Gasteiger partial charge in [-0.25, -0.2) is 0 Å². The Labute approximate surface area is 125 Å². The molecule has 0 aliphatic rings. The highest BCUT2D eigenvalue weighted by atomic mass is 35.5. The average Bonchev–Trinajstić information content (AvgIpc) is 2.80. The zero-order valence-corrected chi connectivity index (χ0v) is 12.1. The van der Waals surface area contributed by atoms with Crippen LogP contribution in [0.4, 0.5) is 0 Å². The van der Waals surface area contributed by atoms with Crippen LogP contribution in [0.1, 0.15) is 23.1 Å². The van der Waals surface area contributed by atoms with Crippen LogP contribution in [0.3, 0.4) is 0 Å². The van der Waals surface area contributed by atoms with E-state index in [4.69, 9.17) is 16.7 Å². The average molecular weight is 309 g/mol. The summed E-state index contributed by atoms with van der Waals surface area (Å²) in [6.07, 6.45) is 0. The highest BCUT2D eigenvalue weighted by Crippen LogP contribution is 2.14. The van der Waals surface area contributed by atoms with E-state index in [9.17, 15) is 9.59 Å². The van der Waals surface area contributed by atoms with Gasteiger partial charge in [-0.1, -0.05) is 17.7 Å². The summed E-state index contributed by atoms with van der Waals surface area (Å²) in [4.78, 5) is 24.0. The van der Waals surface area contributed by atoms with Gasteiger partial charge < -0.3 is 10.4 Å². The van der Waals surface area contributed by atoms with Crippen LogP contribution in [0.2, 0.25) is 5.02 Å². The number of carboxylic acids is 1. The number of nitrogens with one attached hydrogen (secondary N) is 1. The number of aromatic nitrogens is 3. The molecule has 2 aromatic rings. The minimum atomic E-state index is -1.12. The molecule has 0 fully saturated rings. The lowest BCUT2D eigenvalue weighted by molar-refractivity contribution is -0.138. The summed E-state index contributed by atoms with van der Waals surface area (Å²) < 4.78 is 0. The van der Waals surface area contributed by atoms with Crippen LogP contribution in [0, 0.1) is 6.92 Å². The van der Waals surface area contributed by atoms with Gasteiger partial charge in [0.1, 0.15) is 6.04 Å². The van der Waals surface area contributed by atoms with Crippen LogP contribution in [-0.2, 0) is 4.79 Å². The van der Waals surface area contributed by atoms with Gasteiger partial charge in [0.25, 0.3) is 5.91 Å². The van der Waals surface area contributed by atoms with Crippen molar-refractivity contribution in [2.75, 3.05) is 0 Å². The first-order valence-corrected chi connectivity index (χ1v) is 6.50. The van der Waals surface area contributed by atoms with Gasteiger partial charge in [-0.3, -0.25) is 9.59 Å². The minimum absolute atomic E-state index is 0.0723. The van der Waals surface area contributed by atoms with Gasteiger partial charge in [0.2, 0.25) is 0 Å². The lowest BCUT2D eigenvalue weighted by atomic mass is 10.3. The molecule has 0 saturated carbocycles. The molecule has 1 atom stereocenters. The maximum Gasteiger partial charge on any atom is 0.325 e. The van der Waals surface area contributed by atoms with Crippen LogP contribution >= 0.6 is 11.6 Å². The number of carbonyl (C=O) groups is 2. The Morgan fingerprint density at radius 1 is 1.38 bits per heavy atom. The highest BCUT2D eigenvalue weighted by Gasteiger charge is 2.20. The fourth-order valence-electron chi connectivity index (χ4n) is 1.63. The molecule has 8 heteroatoms. The van der Waals surface area contributed by atoms with Crippen molar-refractivity contribution in [3.05, 3.63) is 40.7 Å². The van der Waals surface area contributed by atoms with Crippen LogP contribution in [-0.4, -0.2) is 38.0 Å². The van der Waals surface area contributed by atoms with Crippen molar-refractivity contribution in [3.8, 4) is 5.69 Å². The molecule has 21 heavy (non-hydrogen) atoms. The van der Waals surface area contributed by atoms with Crippen molar-refractivity contribution >= 4 is 23.5 Å². The van der Waals surface area contributed by atoms with Crippen molar-refractivity contribution in [1.29, 1.82) is 0 Å². The van der Waals surface area contributed by atoms with Gasteiger partial charge in [0.15, 0.2) is 5.69 Å². The van der Waals surface area contributed by atoms with Gasteiger partial charge in [-0.05, 0) is 32.0 Å². The normalized spacial score (nSPS) is 12.0. The molecular formula is C13H13ClN4O3. The first-order chi connectivity index (χ1) is 9.88. The molecule has 7 nitrogen and oxygen atoms in total. The third kappa shape index (κ3) is 3.38. The van der Waals surface area contributed by atoms with Crippen LogP contribution in [0.25, 0.3) is 5.69 Å². The number of hydrogen-bond donors (Lipinski definition) is 2. The summed E-state index contributed by atoms with van der Waals surface area (Å²) in [6, 6.07) is 5.84. The Kier molecular flexibility index (Phi) is 4.23. The fraction of sp³-hybridized carbons (Fsp3) is 0.231. The Morgan fingerprint density at radius 2 is 2.10 bits per heavy atom. The van der Waals surface area contributed by atoms with Gasteiger partial charge >= 0.3 is 5.97 Å². The topological polar surface area (TPSA) is 97.1 Å². The van der Waals surface area contributed by atoms with E-state index < -0.39 is 17.9 Å². The SMILES string of the molecule is Cc1nn(-c2cccc(Cl)c2)nc1C(=O)N[C@@H](C)C(=O)O. The molecule has 1 heterocycles. The van der Waals surface area contributed by atoms with E-state index in [0.29, 0.717) is 16.4 Å². The molecule has 2 N–H and O–H groups in total. The maximum atomic E-state index is 12.0. The molecule has 1 aromatic carbocycles. The van der Waals surface area contributed by atoms with Gasteiger partial charge in [-0.15, -0.1) is 5.10 Å². The number of aliphatic carboxylic acids is 1. The summed E-state index contributed by atoms with van der Waals surface area (Å²) in [7, 11) is 0. The number of benzene rings is 1. The van der Waals surface area contributed by atoms with E-state index in [1.165, 1.54) is 11.7 Å². The Morgan fingerprint density at radius 3 is 2.71 bits per heavy atom. The number of nitrogens with zero attached hydrogens (tertiary/aromatic N) is 3. The predicted molar refractivity (Wildman–Crippen MR) is 75.7 cm³/mol. The number of carboxylic acid groups (broad SMARTS) is 1. The molecule has 0 spiro atoms. The molecule has 2 rings (SSSR count). The monoisotopic (exact) mass is 308 g/mol. The summed E-state index contributed by atoms with van der Waals surface area (Å²) in [6.45, 7) is 2.99. The van der Waals surface area contributed by atoms with E-state index >= 15 is 0 Å². The molecule has 0 unspecified atom stereocenters.